The topological polar surface area (TPSA) is 46.5 Å². The monoisotopic (exact) mass is 658 g/mol. The van der Waals surface area contributed by atoms with Crippen LogP contribution in [0.2, 0.25) is 0 Å². The average molecular weight is 659 g/mol. The number of hydrogen-bond acceptors (Lipinski definition) is 3. The van der Waals surface area contributed by atoms with Crippen molar-refractivity contribution >= 4 is 44.0 Å². The number of rotatable bonds is 9. The Bertz CT molecular complexity index is 2590. The lowest BCUT2D eigenvalue weighted by molar-refractivity contribution is 0.624. The Hall–Kier alpha value is -6.23. The van der Waals surface area contributed by atoms with Crippen molar-refractivity contribution in [2.45, 2.75) is 18.4 Å². The molecular weight excluding hydrogens is 621 g/mol. The van der Waals surface area contributed by atoms with Gasteiger partial charge in [0.05, 0.1) is 16.7 Å². The first-order chi connectivity index (χ1) is 25.1. The summed E-state index contributed by atoms with van der Waals surface area (Å²) in [6.45, 7) is 0. The third-order valence-electron chi connectivity index (χ3n) is 10.4. The average Bonchev–Trinajstić information content (AvgIpc) is 3.51. The van der Waals surface area contributed by atoms with Crippen LogP contribution in [0.3, 0.4) is 0 Å². The number of fused-ring (bicyclic) bond motifs is 4. The van der Waals surface area contributed by atoms with Gasteiger partial charge in [-0.15, -0.1) is 0 Å². The molecule has 0 radical (unpaired) electrons. The van der Waals surface area contributed by atoms with Crippen LogP contribution in [0, 0.1) is 0 Å². The molecule has 0 saturated carbocycles. The Morgan fingerprint density at radius 3 is 2.10 bits per heavy atom. The molecule has 1 aliphatic heterocycles. The molecule has 1 aliphatic rings. The van der Waals surface area contributed by atoms with Gasteiger partial charge < -0.3 is 15.2 Å². The van der Waals surface area contributed by atoms with Gasteiger partial charge in [-0.1, -0.05) is 133 Å². The minimum atomic E-state index is -0.114. The predicted molar refractivity (Wildman–Crippen MR) is 215 cm³/mol. The maximum atomic E-state index is 6.88. The predicted octanol–water partition coefficient (Wildman–Crippen LogP) is 11.2. The summed E-state index contributed by atoms with van der Waals surface area (Å²) in [6, 6.07) is 60.2. The van der Waals surface area contributed by atoms with E-state index >= 15 is 0 Å². The summed E-state index contributed by atoms with van der Waals surface area (Å²) in [7, 11) is 2.12. The van der Waals surface area contributed by atoms with E-state index in [9.17, 15) is 0 Å². The van der Waals surface area contributed by atoms with E-state index in [1.54, 1.807) is 0 Å². The van der Waals surface area contributed by atoms with E-state index in [-0.39, 0.29) is 12.0 Å². The first kappa shape index (κ1) is 30.8. The number of aromatic nitrogens is 1. The second-order valence-corrected chi connectivity index (χ2v) is 13.4. The van der Waals surface area contributed by atoms with Crippen molar-refractivity contribution in [3.8, 4) is 16.8 Å². The van der Waals surface area contributed by atoms with Crippen LogP contribution in [-0.4, -0.2) is 17.3 Å². The molecule has 2 atom stereocenters. The molecule has 0 amide bonds. The van der Waals surface area contributed by atoms with E-state index in [0.29, 0.717) is 0 Å². The maximum Gasteiger partial charge on any atom is 0.134 e. The summed E-state index contributed by atoms with van der Waals surface area (Å²) in [5.74, 6) is 1.00. The van der Waals surface area contributed by atoms with E-state index in [0.717, 1.165) is 34.9 Å². The number of benzene rings is 7. The van der Waals surface area contributed by atoms with Gasteiger partial charge in [-0.2, -0.15) is 0 Å². The minimum Gasteiger partial charge on any atom is -0.329 e. The molecule has 0 bridgehead atoms. The van der Waals surface area contributed by atoms with Crippen LogP contribution in [0.5, 0.6) is 0 Å². The van der Waals surface area contributed by atoms with Crippen molar-refractivity contribution in [3.05, 3.63) is 193 Å². The molecule has 0 fully saturated rings. The van der Waals surface area contributed by atoms with E-state index in [1.165, 1.54) is 49.3 Å². The molecule has 8 aromatic rings. The lowest BCUT2D eigenvalue weighted by Gasteiger charge is -2.31. The van der Waals surface area contributed by atoms with Crippen LogP contribution in [0.1, 0.15) is 29.5 Å². The smallest absolute Gasteiger partial charge is 0.134 e. The molecule has 7 aromatic carbocycles. The van der Waals surface area contributed by atoms with Crippen molar-refractivity contribution in [2.75, 3.05) is 11.9 Å². The van der Waals surface area contributed by atoms with Gasteiger partial charge in [-0.3, -0.25) is 0 Å². The molecule has 0 spiro atoms. The first-order valence-electron chi connectivity index (χ1n) is 17.6. The Morgan fingerprint density at radius 1 is 0.627 bits per heavy atom. The number of allylic oxidation sites excluding steroid dienone is 1. The Morgan fingerprint density at radius 2 is 1.27 bits per heavy atom. The summed E-state index contributed by atoms with van der Waals surface area (Å²) in [5, 5.41) is 4.96. The van der Waals surface area contributed by atoms with Gasteiger partial charge in [0.15, 0.2) is 0 Å². The zero-order chi connectivity index (χ0) is 34.3. The van der Waals surface area contributed by atoms with Gasteiger partial charge in [-0.25, -0.2) is 4.99 Å². The van der Waals surface area contributed by atoms with E-state index < -0.39 is 0 Å². The van der Waals surface area contributed by atoms with Gasteiger partial charge in [0.2, 0.25) is 0 Å². The Kier molecular flexibility index (Phi) is 7.79. The lowest BCUT2D eigenvalue weighted by Crippen LogP contribution is -2.28. The maximum absolute atomic E-state index is 6.88. The quantitative estimate of drug-likeness (QED) is 0.168. The van der Waals surface area contributed by atoms with Crippen LogP contribution in [0.4, 0.5) is 5.69 Å². The molecule has 0 aliphatic carbocycles. The molecule has 246 valence electrons. The molecular formula is C47H38N4. The molecule has 0 saturated heterocycles. The van der Waals surface area contributed by atoms with Crippen molar-refractivity contribution in [2.24, 2.45) is 10.7 Å². The second-order valence-electron chi connectivity index (χ2n) is 13.4. The Labute approximate surface area is 298 Å². The van der Waals surface area contributed by atoms with Crippen molar-refractivity contribution in [3.63, 3.8) is 0 Å². The summed E-state index contributed by atoms with van der Waals surface area (Å²) in [4.78, 5) is 7.45. The lowest BCUT2D eigenvalue weighted by atomic mass is 9.82. The summed E-state index contributed by atoms with van der Waals surface area (Å²) in [6.07, 6.45) is 3.01. The van der Waals surface area contributed by atoms with Gasteiger partial charge in [-0.05, 0) is 70.3 Å². The molecule has 51 heavy (non-hydrogen) atoms. The first-order valence-corrected chi connectivity index (χ1v) is 17.6. The van der Waals surface area contributed by atoms with Crippen molar-refractivity contribution in [1.29, 1.82) is 0 Å². The normalized spacial score (nSPS) is 13.8. The highest BCUT2D eigenvalue weighted by atomic mass is 15.2. The number of aliphatic imine (C=N–C) groups is 1. The number of para-hydroxylation sites is 3. The van der Waals surface area contributed by atoms with Crippen molar-refractivity contribution < 1.29 is 0 Å². The van der Waals surface area contributed by atoms with Crippen molar-refractivity contribution in [1.82, 2.24) is 4.57 Å². The van der Waals surface area contributed by atoms with Crippen LogP contribution in [-0.2, 0) is 0 Å². The SMILES string of the molecule is CN(C1=CC(C(CC(N)c2ccccc2)c2cccc3ccccc23)=N1)c1ccccc1-c1ccc2c(c1)c1ccccc1n2-c1ccccc1. The number of nitrogens with zero attached hydrogens (tertiary/aromatic N) is 3. The fraction of sp³-hybridized carbons (Fsp3) is 0.0851. The van der Waals surface area contributed by atoms with Gasteiger partial charge in [0.25, 0.3) is 0 Å². The summed E-state index contributed by atoms with van der Waals surface area (Å²) >= 11 is 0. The van der Waals surface area contributed by atoms with Crippen LogP contribution in [0.25, 0.3) is 49.4 Å². The minimum absolute atomic E-state index is 0.0584. The van der Waals surface area contributed by atoms with E-state index in [4.69, 9.17) is 10.7 Å². The summed E-state index contributed by atoms with van der Waals surface area (Å²) in [5.41, 5.74) is 17.4. The standard InChI is InChI=1S/C47H38N4/c1-50(47-31-43(49-47)40(30-42(48)33-16-4-2-5-17-33)38-24-14-18-32-15-8-9-21-36(32)38)44-25-12-10-22-37(44)34-27-28-46-41(29-34)39-23-11-13-26-45(39)51(46)35-19-6-3-7-20-35/h2-29,31,40,42H,30,48H2,1H3. The third-order valence-corrected chi connectivity index (χ3v) is 10.4. The van der Waals surface area contributed by atoms with Crippen LogP contribution in [0.15, 0.2) is 187 Å². The fourth-order valence-corrected chi connectivity index (χ4v) is 7.79. The molecule has 4 heteroatoms. The summed E-state index contributed by atoms with van der Waals surface area (Å²) < 4.78 is 2.36. The number of nitrogens with two attached hydrogens (primary N) is 1. The second kappa shape index (κ2) is 12.9. The van der Waals surface area contributed by atoms with Gasteiger partial charge >= 0.3 is 0 Å². The molecule has 2 N–H and O–H groups in total. The largest absolute Gasteiger partial charge is 0.329 e. The third kappa shape index (κ3) is 5.51. The van der Waals surface area contributed by atoms with Gasteiger partial charge in [0, 0.05) is 52.8 Å². The number of hydrogen-bond donors (Lipinski definition) is 1. The zero-order valence-corrected chi connectivity index (χ0v) is 28.5. The highest BCUT2D eigenvalue weighted by Gasteiger charge is 2.29. The Balaban J connectivity index is 1.07. The fourth-order valence-electron chi connectivity index (χ4n) is 7.79. The van der Waals surface area contributed by atoms with Crippen LogP contribution >= 0.6 is 0 Å². The molecule has 4 nitrogen and oxygen atoms in total. The highest BCUT2D eigenvalue weighted by molar-refractivity contribution is 6.11. The molecule has 2 heterocycles. The van der Waals surface area contributed by atoms with Crippen LogP contribution < -0.4 is 10.6 Å². The molecule has 1 aromatic heterocycles. The number of anilines is 1. The van der Waals surface area contributed by atoms with E-state index in [2.05, 4.69) is 186 Å². The van der Waals surface area contributed by atoms with E-state index in [1.807, 2.05) is 6.07 Å². The van der Waals surface area contributed by atoms with Gasteiger partial charge in [0.1, 0.15) is 5.82 Å². The molecule has 9 rings (SSSR count). The zero-order valence-electron chi connectivity index (χ0n) is 28.5. The molecule has 2 unspecified atom stereocenters. The highest BCUT2D eigenvalue weighted by Crippen LogP contribution is 2.41.